The van der Waals surface area contributed by atoms with Gasteiger partial charge >= 0.3 is 0 Å². The van der Waals surface area contributed by atoms with Crippen LogP contribution >= 0.6 is 0 Å². The first-order valence-corrected chi connectivity index (χ1v) is 8.85. The summed E-state index contributed by atoms with van der Waals surface area (Å²) in [7, 11) is 0. The van der Waals surface area contributed by atoms with Crippen LogP contribution in [-0.4, -0.2) is 38.0 Å². The lowest BCUT2D eigenvalue weighted by Gasteiger charge is -2.42. The molecule has 0 bridgehead atoms. The van der Waals surface area contributed by atoms with Crippen LogP contribution in [0.2, 0.25) is 0 Å². The minimum atomic E-state index is 0.180. The van der Waals surface area contributed by atoms with E-state index in [1.807, 2.05) is 6.92 Å². The summed E-state index contributed by atoms with van der Waals surface area (Å²) in [5.41, 5.74) is 0.375. The molecule has 0 heterocycles. The van der Waals surface area contributed by atoms with E-state index in [9.17, 15) is 0 Å². The zero-order chi connectivity index (χ0) is 15.9. The van der Waals surface area contributed by atoms with Gasteiger partial charge in [0.05, 0.1) is 18.8 Å². The van der Waals surface area contributed by atoms with Gasteiger partial charge in [-0.1, -0.05) is 27.7 Å². The molecule has 1 fully saturated rings. The molecule has 4 atom stereocenters. The van der Waals surface area contributed by atoms with Crippen LogP contribution in [0.5, 0.6) is 0 Å². The van der Waals surface area contributed by atoms with E-state index < -0.39 is 0 Å². The standard InChI is InChI=1S/C18H37NO2/c1-7-11-19-16-10-9-15(18(4,5)6)12-17(16)21-14(3)13-20-8-2/h14-17,19H,7-13H2,1-6H3. The SMILES string of the molecule is CCCNC1CCC(C(C)(C)C)CC1OC(C)COCC. The van der Waals surface area contributed by atoms with Gasteiger partial charge in [0.1, 0.15) is 0 Å². The maximum absolute atomic E-state index is 6.34. The maximum atomic E-state index is 6.34. The molecule has 0 aromatic heterocycles. The van der Waals surface area contributed by atoms with E-state index in [-0.39, 0.29) is 6.10 Å². The van der Waals surface area contributed by atoms with E-state index >= 15 is 0 Å². The number of hydrogen-bond acceptors (Lipinski definition) is 3. The summed E-state index contributed by atoms with van der Waals surface area (Å²) in [5.74, 6) is 0.751. The molecule has 0 aliphatic heterocycles. The first-order chi connectivity index (χ1) is 9.88. The minimum Gasteiger partial charge on any atom is -0.379 e. The van der Waals surface area contributed by atoms with E-state index in [4.69, 9.17) is 9.47 Å². The van der Waals surface area contributed by atoms with Crippen LogP contribution in [0.3, 0.4) is 0 Å². The van der Waals surface area contributed by atoms with Crippen LogP contribution in [0.1, 0.15) is 67.2 Å². The van der Waals surface area contributed by atoms with Crippen LogP contribution in [0, 0.1) is 11.3 Å². The smallest absolute Gasteiger partial charge is 0.0785 e. The molecule has 0 saturated heterocycles. The van der Waals surface area contributed by atoms with E-state index in [1.54, 1.807) is 0 Å². The van der Waals surface area contributed by atoms with Crippen molar-refractivity contribution >= 4 is 0 Å². The molecule has 3 nitrogen and oxygen atoms in total. The highest BCUT2D eigenvalue weighted by Gasteiger charge is 2.36. The van der Waals surface area contributed by atoms with Crippen molar-refractivity contribution in [2.24, 2.45) is 11.3 Å². The van der Waals surface area contributed by atoms with Gasteiger partial charge in [0.2, 0.25) is 0 Å². The summed E-state index contributed by atoms with van der Waals surface area (Å²) >= 11 is 0. The molecule has 0 spiro atoms. The number of hydrogen-bond donors (Lipinski definition) is 1. The predicted octanol–water partition coefficient (Wildman–Crippen LogP) is 4.01. The summed E-state index contributed by atoms with van der Waals surface area (Å²) in [6, 6.07) is 0.507. The monoisotopic (exact) mass is 299 g/mol. The van der Waals surface area contributed by atoms with Crippen LogP contribution < -0.4 is 5.32 Å². The first-order valence-electron chi connectivity index (χ1n) is 8.85. The Morgan fingerprint density at radius 1 is 1.19 bits per heavy atom. The van der Waals surface area contributed by atoms with Crippen molar-refractivity contribution in [1.29, 1.82) is 0 Å². The summed E-state index contributed by atoms with van der Waals surface area (Å²) in [4.78, 5) is 0. The molecule has 126 valence electrons. The normalized spacial score (nSPS) is 28.6. The van der Waals surface area contributed by atoms with Crippen LogP contribution in [-0.2, 0) is 9.47 Å². The molecular weight excluding hydrogens is 262 g/mol. The number of nitrogens with one attached hydrogen (secondary N) is 1. The van der Waals surface area contributed by atoms with Crippen molar-refractivity contribution in [3.63, 3.8) is 0 Å². The van der Waals surface area contributed by atoms with Crippen LogP contribution in [0.25, 0.3) is 0 Å². The van der Waals surface area contributed by atoms with E-state index in [1.165, 1.54) is 25.7 Å². The summed E-state index contributed by atoms with van der Waals surface area (Å²) in [6.07, 6.45) is 5.39. The minimum absolute atomic E-state index is 0.180. The average molecular weight is 299 g/mol. The van der Waals surface area contributed by atoms with Crippen molar-refractivity contribution < 1.29 is 9.47 Å². The van der Waals surface area contributed by atoms with Crippen molar-refractivity contribution in [1.82, 2.24) is 5.32 Å². The van der Waals surface area contributed by atoms with Gasteiger partial charge in [0, 0.05) is 12.6 Å². The van der Waals surface area contributed by atoms with Gasteiger partial charge in [-0.3, -0.25) is 0 Å². The van der Waals surface area contributed by atoms with Crippen molar-refractivity contribution in [3.05, 3.63) is 0 Å². The first kappa shape index (κ1) is 18.9. The Bertz CT molecular complexity index is 275. The third-order valence-electron chi connectivity index (χ3n) is 4.64. The van der Waals surface area contributed by atoms with Gasteiger partial charge < -0.3 is 14.8 Å². The van der Waals surface area contributed by atoms with Crippen molar-refractivity contribution in [2.75, 3.05) is 19.8 Å². The quantitative estimate of drug-likeness (QED) is 0.734. The molecule has 1 saturated carbocycles. The highest BCUT2D eigenvalue weighted by atomic mass is 16.5. The Labute approximate surface area is 132 Å². The Kier molecular flexibility index (Phi) is 8.22. The molecule has 0 aromatic carbocycles. The van der Waals surface area contributed by atoms with E-state index in [2.05, 4.69) is 39.9 Å². The molecule has 21 heavy (non-hydrogen) atoms. The molecule has 3 heteroatoms. The molecule has 1 aliphatic rings. The highest BCUT2D eigenvalue weighted by Crippen LogP contribution is 2.39. The molecule has 0 radical (unpaired) electrons. The Morgan fingerprint density at radius 3 is 2.48 bits per heavy atom. The second-order valence-corrected chi connectivity index (χ2v) is 7.58. The Hall–Kier alpha value is -0.120. The fourth-order valence-corrected chi connectivity index (χ4v) is 3.25. The third-order valence-corrected chi connectivity index (χ3v) is 4.64. The molecule has 1 rings (SSSR count). The lowest BCUT2D eigenvalue weighted by molar-refractivity contribution is -0.0869. The largest absolute Gasteiger partial charge is 0.379 e. The predicted molar refractivity (Wildman–Crippen MR) is 89.7 cm³/mol. The van der Waals surface area contributed by atoms with E-state index in [0.29, 0.717) is 24.2 Å². The fourth-order valence-electron chi connectivity index (χ4n) is 3.25. The molecular formula is C18H37NO2. The van der Waals surface area contributed by atoms with Gasteiger partial charge in [-0.15, -0.1) is 0 Å². The summed E-state index contributed by atoms with van der Waals surface area (Å²) in [5, 5.41) is 3.69. The molecule has 0 amide bonds. The zero-order valence-electron chi connectivity index (χ0n) is 15.1. The molecule has 1 aliphatic carbocycles. The second-order valence-electron chi connectivity index (χ2n) is 7.58. The highest BCUT2D eigenvalue weighted by molar-refractivity contribution is 4.90. The van der Waals surface area contributed by atoms with E-state index in [0.717, 1.165) is 19.1 Å². The second kappa shape index (κ2) is 9.12. The van der Waals surface area contributed by atoms with Gasteiger partial charge in [0.15, 0.2) is 0 Å². The zero-order valence-corrected chi connectivity index (χ0v) is 15.1. The number of rotatable bonds is 8. The van der Waals surface area contributed by atoms with Gasteiger partial charge in [-0.25, -0.2) is 0 Å². The third kappa shape index (κ3) is 6.66. The molecule has 0 aromatic rings. The fraction of sp³-hybridized carbons (Fsp3) is 1.00. The summed E-state index contributed by atoms with van der Waals surface area (Å²) < 4.78 is 11.8. The Morgan fingerprint density at radius 2 is 1.90 bits per heavy atom. The van der Waals surface area contributed by atoms with Crippen LogP contribution in [0.15, 0.2) is 0 Å². The lowest BCUT2D eigenvalue weighted by atomic mass is 9.70. The average Bonchev–Trinajstić information content (AvgIpc) is 2.42. The van der Waals surface area contributed by atoms with Crippen molar-refractivity contribution in [2.45, 2.75) is 85.5 Å². The van der Waals surface area contributed by atoms with Crippen molar-refractivity contribution in [3.8, 4) is 0 Å². The van der Waals surface area contributed by atoms with Gasteiger partial charge in [0.25, 0.3) is 0 Å². The molecule has 1 N–H and O–H groups in total. The molecule has 4 unspecified atom stereocenters. The summed E-state index contributed by atoms with van der Waals surface area (Å²) in [6.45, 7) is 16.0. The topological polar surface area (TPSA) is 30.5 Å². The Balaban J connectivity index is 2.59. The number of ether oxygens (including phenoxy) is 2. The van der Waals surface area contributed by atoms with Gasteiger partial charge in [-0.2, -0.15) is 0 Å². The van der Waals surface area contributed by atoms with Crippen LogP contribution in [0.4, 0.5) is 0 Å². The van der Waals surface area contributed by atoms with Gasteiger partial charge in [-0.05, 0) is 57.4 Å². The lowest BCUT2D eigenvalue weighted by Crippen LogP contribution is -2.49. The maximum Gasteiger partial charge on any atom is 0.0785 e.